The van der Waals surface area contributed by atoms with Crippen LogP contribution in [0.5, 0.6) is 0 Å². The average molecular weight is 504 g/mol. The van der Waals surface area contributed by atoms with E-state index in [1.165, 1.54) is 47.9 Å². The first-order valence-corrected chi connectivity index (χ1v) is 14.1. The van der Waals surface area contributed by atoms with Crippen molar-refractivity contribution < 1.29 is 19.4 Å². The Kier molecular flexibility index (Phi) is 8.31. The van der Waals surface area contributed by atoms with E-state index >= 15 is 0 Å². The topological polar surface area (TPSA) is 59.0 Å². The van der Waals surface area contributed by atoms with Crippen molar-refractivity contribution in [3.8, 4) is 11.1 Å². The molecule has 1 N–H and O–H groups in total. The van der Waals surface area contributed by atoms with E-state index in [2.05, 4.69) is 55.1 Å². The van der Waals surface area contributed by atoms with Crippen molar-refractivity contribution in [3.63, 3.8) is 0 Å². The second kappa shape index (κ2) is 11.8. The molecule has 0 spiro atoms. The van der Waals surface area contributed by atoms with Crippen LogP contribution in [-0.2, 0) is 9.47 Å². The molecule has 2 saturated heterocycles. The van der Waals surface area contributed by atoms with Crippen LogP contribution in [0.15, 0.2) is 61.2 Å². The minimum atomic E-state index is -0.720. The third-order valence-electron chi connectivity index (χ3n) is 8.49. The maximum absolute atomic E-state index is 13.4. The zero-order valence-electron chi connectivity index (χ0n) is 21.9. The van der Waals surface area contributed by atoms with Gasteiger partial charge in [0.15, 0.2) is 0 Å². The van der Waals surface area contributed by atoms with E-state index in [1.54, 1.807) is 0 Å². The summed E-state index contributed by atoms with van der Waals surface area (Å²) in [6, 6.07) is 16.5. The van der Waals surface area contributed by atoms with Crippen LogP contribution in [0.2, 0.25) is 0 Å². The van der Waals surface area contributed by atoms with Crippen LogP contribution in [0.4, 0.5) is 4.79 Å². The van der Waals surface area contributed by atoms with Gasteiger partial charge >= 0.3 is 6.09 Å². The van der Waals surface area contributed by atoms with Crippen molar-refractivity contribution in [1.82, 2.24) is 4.90 Å². The monoisotopic (exact) mass is 503 g/mol. The number of allylic oxidation sites excluding steroid dienone is 1. The predicted molar refractivity (Wildman–Crippen MR) is 147 cm³/mol. The lowest BCUT2D eigenvalue weighted by Gasteiger charge is -2.51. The van der Waals surface area contributed by atoms with E-state index in [4.69, 9.17) is 9.47 Å². The number of ether oxygens (including phenoxy) is 2. The largest absolute Gasteiger partial charge is 0.448 e. The number of rotatable bonds is 11. The lowest BCUT2D eigenvalue weighted by Crippen LogP contribution is -2.63. The van der Waals surface area contributed by atoms with Crippen LogP contribution >= 0.6 is 0 Å². The number of carbonyl (C=O) groups is 1. The number of amides is 1. The summed E-state index contributed by atoms with van der Waals surface area (Å²) in [4.78, 5) is 15.2. The Morgan fingerprint density at radius 3 is 2.14 bits per heavy atom. The molecule has 2 aromatic carbocycles. The highest BCUT2D eigenvalue weighted by Crippen LogP contribution is 2.45. The lowest BCUT2D eigenvalue weighted by molar-refractivity contribution is -0.135. The van der Waals surface area contributed by atoms with E-state index in [0.717, 1.165) is 25.7 Å². The van der Waals surface area contributed by atoms with E-state index in [-0.39, 0.29) is 24.1 Å². The molecule has 37 heavy (non-hydrogen) atoms. The van der Waals surface area contributed by atoms with Crippen LogP contribution in [0.3, 0.4) is 0 Å². The zero-order chi connectivity index (χ0) is 25.7. The van der Waals surface area contributed by atoms with Crippen molar-refractivity contribution >= 4 is 6.09 Å². The molecule has 0 saturated carbocycles. The molecule has 5 nitrogen and oxygen atoms in total. The molecule has 1 amide bonds. The molecule has 2 unspecified atom stereocenters. The molecule has 2 atom stereocenters. The number of piperidine rings is 1. The minimum absolute atomic E-state index is 0.0472. The highest BCUT2D eigenvalue weighted by atomic mass is 16.6. The predicted octanol–water partition coefficient (Wildman–Crippen LogP) is 6.84. The van der Waals surface area contributed by atoms with Gasteiger partial charge in [0.25, 0.3) is 0 Å². The van der Waals surface area contributed by atoms with Crippen molar-refractivity contribution in [3.05, 3.63) is 72.3 Å². The summed E-state index contributed by atoms with van der Waals surface area (Å²) in [6.07, 6.45) is 11.9. The van der Waals surface area contributed by atoms with E-state index in [1.807, 2.05) is 11.0 Å². The van der Waals surface area contributed by atoms with Crippen molar-refractivity contribution in [2.75, 3.05) is 19.8 Å². The Hall–Kier alpha value is -2.63. The Balaban J connectivity index is 1.15. The molecule has 2 aromatic rings. The van der Waals surface area contributed by atoms with Crippen LogP contribution in [0.25, 0.3) is 11.1 Å². The third-order valence-corrected chi connectivity index (χ3v) is 8.49. The molecule has 198 valence electrons. The van der Waals surface area contributed by atoms with Gasteiger partial charge in [-0.15, -0.1) is 6.58 Å². The molecule has 2 fully saturated rings. The Bertz CT molecular complexity index is 1020. The summed E-state index contributed by atoms with van der Waals surface area (Å²) in [6.45, 7) is 5.03. The van der Waals surface area contributed by atoms with Crippen LogP contribution in [0, 0.1) is 0 Å². The van der Waals surface area contributed by atoms with Gasteiger partial charge in [0.2, 0.25) is 0 Å². The van der Waals surface area contributed by atoms with E-state index < -0.39 is 5.60 Å². The van der Waals surface area contributed by atoms with Crippen LogP contribution in [-0.4, -0.2) is 53.6 Å². The first-order valence-electron chi connectivity index (χ1n) is 14.1. The summed E-state index contributed by atoms with van der Waals surface area (Å²) >= 11 is 0. The summed E-state index contributed by atoms with van der Waals surface area (Å²) in [5, 5.41) is 11.4. The number of carbonyl (C=O) groups excluding carboxylic acids is 1. The second-order valence-corrected chi connectivity index (χ2v) is 11.1. The van der Waals surface area contributed by atoms with E-state index in [0.29, 0.717) is 32.7 Å². The molecule has 0 aromatic heterocycles. The van der Waals surface area contributed by atoms with Crippen molar-refractivity contribution in [2.45, 2.75) is 87.8 Å². The molecular formula is C32H41NO4. The second-order valence-electron chi connectivity index (χ2n) is 11.1. The zero-order valence-corrected chi connectivity index (χ0v) is 21.9. The van der Waals surface area contributed by atoms with Gasteiger partial charge < -0.3 is 14.6 Å². The van der Waals surface area contributed by atoms with Gasteiger partial charge in [0.05, 0.1) is 30.9 Å². The smallest absolute Gasteiger partial charge is 0.410 e. The number of fused-ring (bicyclic) bond motifs is 5. The quantitative estimate of drug-likeness (QED) is 0.269. The van der Waals surface area contributed by atoms with Crippen molar-refractivity contribution in [1.29, 1.82) is 0 Å². The summed E-state index contributed by atoms with van der Waals surface area (Å²) in [7, 11) is 0. The SMILES string of the molecule is C=CCCCCCCCCC1(O)CC2COCC(C1)N2C(=O)OCC1c2ccccc2-c2ccccc21. The highest BCUT2D eigenvalue weighted by molar-refractivity contribution is 5.79. The van der Waals surface area contributed by atoms with Crippen LogP contribution in [0.1, 0.15) is 81.3 Å². The number of unbranched alkanes of at least 4 members (excludes halogenated alkanes) is 6. The number of nitrogens with zero attached hydrogens (tertiary/aromatic N) is 1. The lowest BCUT2D eigenvalue weighted by atomic mass is 9.78. The molecule has 3 aliphatic rings. The van der Waals surface area contributed by atoms with Gasteiger partial charge in [-0.2, -0.15) is 0 Å². The fraction of sp³-hybridized carbons (Fsp3) is 0.531. The highest BCUT2D eigenvalue weighted by Gasteiger charge is 2.48. The average Bonchev–Trinajstić information content (AvgIpc) is 3.22. The number of hydrogen-bond donors (Lipinski definition) is 1. The van der Waals surface area contributed by atoms with Gasteiger partial charge in [-0.1, -0.05) is 86.7 Å². The van der Waals surface area contributed by atoms with E-state index in [9.17, 15) is 9.90 Å². The van der Waals surface area contributed by atoms with Crippen LogP contribution < -0.4 is 0 Å². The molecule has 2 bridgehead atoms. The van der Waals surface area contributed by atoms with Crippen molar-refractivity contribution in [2.24, 2.45) is 0 Å². The van der Waals surface area contributed by atoms with Gasteiger partial charge in [-0.3, -0.25) is 4.90 Å². The number of morpholine rings is 1. The molecule has 1 aliphatic carbocycles. The molecule has 0 radical (unpaired) electrons. The molecular weight excluding hydrogens is 462 g/mol. The molecule has 2 aliphatic heterocycles. The van der Waals surface area contributed by atoms with Gasteiger partial charge in [0.1, 0.15) is 6.61 Å². The van der Waals surface area contributed by atoms with Gasteiger partial charge in [0, 0.05) is 5.92 Å². The molecule has 5 rings (SSSR count). The fourth-order valence-corrected chi connectivity index (χ4v) is 6.69. The normalized spacial score (nSPS) is 24.4. The maximum Gasteiger partial charge on any atom is 0.410 e. The fourth-order valence-electron chi connectivity index (χ4n) is 6.69. The summed E-state index contributed by atoms with van der Waals surface area (Å²) in [5.74, 6) is 0.0472. The number of hydrogen-bond acceptors (Lipinski definition) is 4. The number of aliphatic hydroxyl groups is 1. The Labute approximate surface area is 221 Å². The maximum atomic E-state index is 13.4. The molecule has 5 heteroatoms. The van der Waals surface area contributed by atoms with Gasteiger partial charge in [-0.05, 0) is 54.4 Å². The molecule has 2 heterocycles. The standard InChI is InChI=1S/C32H41NO4/c1-2-3-4-5-6-7-8-13-18-32(35)19-24-21-36-22-25(20-32)33(24)31(34)37-23-30-28-16-11-9-14-26(28)27-15-10-12-17-29(27)30/h2,9-12,14-17,24-25,30,35H,1,3-8,13,18-23H2. The minimum Gasteiger partial charge on any atom is -0.448 e. The summed E-state index contributed by atoms with van der Waals surface area (Å²) in [5.41, 5.74) is 4.16. The number of benzene rings is 2. The first kappa shape index (κ1) is 26.0. The third kappa shape index (κ3) is 5.78. The Morgan fingerprint density at radius 2 is 1.51 bits per heavy atom. The Morgan fingerprint density at radius 1 is 0.946 bits per heavy atom. The van der Waals surface area contributed by atoms with Gasteiger partial charge in [-0.25, -0.2) is 4.79 Å². The summed E-state index contributed by atoms with van der Waals surface area (Å²) < 4.78 is 11.8. The first-order chi connectivity index (χ1) is 18.1.